The van der Waals surface area contributed by atoms with Gasteiger partial charge >= 0.3 is 0 Å². The molecule has 0 saturated heterocycles. The number of nitrogens with zero attached hydrogens (tertiary/aromatic N) is 2. The predicted octanol–water partition coefficient (Wildman–Crippen LogP) is 3.72. The Kier molecular flexibility index (Phi) is 9.63. The Morgan fingerprint density at radius 3 is 2.68 bits per heavy atom. The quantitative estimate of drug-likeness (QED) is 0.333. The van der Waals surface area contributed by atoms with Gasteiger partial charge in [0.25, 0.3) is 0 Å². The van der Waals surface area contributed by atoms with Crippen molar-refractivity contribution in [1.82, 2.24) is 10.2 Å². The lowest BCUT2D eigenvalue weighted by molar-refractivity contribution is 0.440. The zero-order valence-electron chi connectivity index (χ0n) is 13.4. The molecule has 0 aliphatic carbocycles. The average molecular weight is 431 g/mol. The molecule has 0 spiro atoms. The van der Waals surface area contributed by atoms with Gasteiger partial charge in [-0.25, -0.2) is 0 Å². The molecule has 2 rings (SSSR count). The molecular formula is C17H26IN3S. The lowest BCUT2D eigenvalue weighted by atomic mass is 10.00. The summed E-state index contributed by atoms with van der Waals surface area (Å²) in [5.41, 5.74) is 2.80. The smallest absolute Gasteiger partial charge is 0.193 e. The summed E-state index contributed by atoms with van der Waals surface area (Å²) >= 11 is 1.89. The summed E-state index contributed by atoms with van der Waals surface area (Å²) in [5, 5.41) is 3.46. The van der Waals surface area contributed by atoms with Crippen molar-refractivity contribution >= 4 is 47.3 Å². The van der Waals surface area contributed by atoms with Crippen LogP contribution in [0.2, 0.25) is 0 Å². The Labute approximate surface area is 155 Å². The van der Waals surface area contributed by atoms with Gasteiger partial charge in [0, 0.05) is 26.7 Å². The molecule has 0 aromatic heterocycles. The van der Waals surface area contributed by atoms with Crippen molar-refractivity contribution in [2.45, 2.75) is 12.8 Å². The highest BCUT2D eigenvalue weighted by atomic mass is 127. The lowest BCUT2D eigenvalue weighted by Crippen LogP contribution is -2.43. The molecule has 0 fully saturated rings. The maximum Gasteiger partial charge on any atom is 0.193 e. The zero-order chi connectivity index (χ0) is 14.9. The van der Waals surface area contributed by atoms with E-state index in [0.29, 0.717) is 0 Å². The first-order valence-electron chi connectivity index (χ1n) is 7.54. The van der Waals surface area contributed by atoms with E-state index in [4.69, 9.17) is 0 Å². The molecule has 3 nitrogen and oxygen atoms in total. The molecule has 0 bridgehead atoms. The molecule has 22 heavy (non-hydrogen) atoms. The van der Waals surface area contributed by atoms with Crippen molar-refractivity contribution < 1.29 is 0 Å². The second-order valence-corrected chi connectivity index (χ2v) is 6.10. The van der Waals surface area contributed by atoms with Crippen LogP contribution >= 0.6 is 35.7 Å². The van der Waals surface area contributed by atoms with Crippen LogP contribution in [0.15, 0.2) is 41.4 Å². The Balaban J connectivity index is 0.00000242. The fourth-order valence-corrected chi connectivity index (χ4v) is 2.96. The first kappa shape index (κ1) is 19.4. The highest BCUT2D eigenvalue weighted by Gasteiger charge is 2.15. The number of guanidine groups is 1. The number of thioether (sulfide) groups is 1. The molecule has 0 radical (unpaired) electrons. The summed E-state index contributed by atoms with van der Waals surface area (Å²) in [4.78, 5) is 6.73. The van der Waals surface area contributed by atoms with Crippen molar-refractivity contribution in [1.29, 1.82) is 0 Å². The summed E-state index contributed by atoms with van der Waals surface area (Å²) in [6, 6.07) is 10.7. The molecule has 0 saturated carbocycles. The van der Waals surface area contributed by atoms with Gasteiger partial charge in [0.1, 0.15) is 0 Å². The number of hydrogen-bond acceptors (Lipinski definition) is 2. The van der Waals surface area contributed by atoms with Gasteiger partial charge < -0.3 is 10.2 Å². The first-order valence-corrected chi connectivity index (χ1v) is 8.93. The largest absolute Gasteiger partial charge is 0.356 e. The van der Waals surface area contributed by atoms with E-state index in [2.05, 4.69) is 57.9 Å². The molecule has 122 valence electrons. The van der Waals surface area contributed by atoms with Crippen molar-refractivity contribution in [2.24, 2.45) is 4.99 Å². The van der Waals surface area contributed by atoms with E-state index in [1.807, 2.05) is 18.8 Å². The Hall–Kier alpha value is -0.690. The minimum absolute atomic E-state index is 0. The molecular weight excluding hydrogens is 405 g/mol. The van der Waals surface area contributed by atoms with Crippen LogP contribution in [-0.2, 0) is 0 Å². The molecule has 1 aromatic rings. The van der Waals surface area contributed by atoms with E-state index in [9.17, 15) is 0 Å². The second kappa shape index (κ2) is 10.9. The van der Waals surface area contributed by atoms with Gasteiger partial charge in [-0.2, -0.15) is 11.8 Å². The SMILES string of the molecule is CN=C(NCCCSC)N1CC=C(c2ccccc2)CC1.I. The normalized spacial score (nSPS) is 15.1. The number of aliphatic imine (C=N–C) groups is 1. The van der Waals surface area contributed by atoms with Crippen LogP contribution in [0.5, 0.6) is 0 Å². The summed E-state index contributed by atoms with van der Waals surface area (Å²) < 4.78 is 0. The average Bonchev–Trinajstić information content (AvgIpc) is 2.56. The number of rotatable bonds is 5. The van der Waals surface area contributed by atoms with E-state index in [-0.39, 0.29) is 24.0 Å². The van der Waals surface area contributed by atoms with E-state index in [1.165, 1.54) is 23.3 Å². The third kappa shape index (κ3) is 5.83. The minimum atomic E-state index is 0. The summed E-state index contributed by atoms with van der Waals surface area (Å²) in [5.74, 6) is 2.22. The van der Waals surface area contributed by atoms with Crippen molar-refractivity contribution in [3.05, 3.63) is 42.0 Å². The van der Waals surface area contributed by atoms with Crippen LogP contribution in [0.4, 0.5) is 0 Å². The third-order valence-corrected chi connectivity index (χ3v) is 4.37. The number of halogens is 1. The van der Waals surface area contributed by atoms with Gasteiger partial charge in [0.05, 0.1) is 0 Å². The van der Waals surface area contributed by atoms with E-state index in [1.54, 1.807) is 0 Å². The van der Waals surface area contributed by atoms with Gasteiger partial charge in [0.2, 0.25) is 0 Å². The molecule has 0 unspecified atom stereocenters. The monoisotopic (exact) mass is 431 g/mol. The molecule has 1 aliphatic rings. The first-order chi connectivity index (χ1) is 10.3. The molecule has 1 aromatic carbocycles. The number of hydrogen-bond donors (Lipinski definition) is 1. The van der Waals surface area contributed by atoms with Gasteiger partial charge in [0.15, 0.2) is 5.96 Å². The highest BCUT2D eigenvalue weighted by molar-refractivity contribution is 14.0. The van der Waals surface area contributed by atoms with Crippen molar-refractivity contribution in [3.8, 4) is 0 Å². The molecule has 1 heterocycles. The highest BCUT2D eigenvalue weighted by Crippen LogP contribution is 2.21. The van der Waals surface area contributed by atoms with Gasteiger partial charge in [-0.1, -0.05) is 36.4 Å². The second-order valence-electron chi connectivity index (χ2n) is 5.11. The third-order valence-electron chi connectivity index (χ3n) is 3.67. The van der Waals surface area contributed by atoms with Crippen molar-refractivity contribution in [3.63, 3.8) is 0 Å². The standard InChI is InChI=1S/C17H25N3S.HI/c1-18-17(19-11-6-14-21-2)20-12-9-16(10-13-20)15-7-4-3-5-8-15;/h3-5,7-9H,6,10-14H2,1-2H3,(H,18,19);1H. The summed E-state index contributed by atoms with van der Waals surface area (Å²) in [6.45, 7) is 2.97. The van der Waals surface area contributed by atoms with Gasteiger partial charge in [-0.15, -0.1) is 24.0 Å². The fraction of sp³-hybridized carbons (Fsp3) is 0.471. The summed E-state index contributed by atoms with van der Waals surface area (Å²) in [6.07, 6.45) is 6.73. The van der Waals surface area contributed by atoms with Crippen LogP contribution in [-0.4, -0.2) is 49.6 Å². The molecule has 0 amide bonds. The van der Waals surface area contributed by atoms with E-state index >= 15 is 0 Å². The topological polar surface area (TPSA) is 27.6 Å². The molecule has 1 aliphatic heterocycles. The van der Waals surface area contributed by atoms with Gasteiger partial charge in [-0.3, -0.25) is 4.99 Å². The molecule has 0 atom stereocenters. The Morgan fingerprint density at radius 1 is 1.32 bits per heavy atom. The van der Waals surface area contributed by atoms with Crippen LogP contribution in [0.25, 0.3) is 5.57 Å². The van der Waals surface area contributed by atoms with Gasteiger partial charge in [-0.05, 0) is 36.0 Å². The van der Waals surface area contributed by atoms with Crippen LogP contribution in [0, 0.1) is 0 Å². The predicted molar refractivity (Wildman–Crippen MR) is 110 cm³/mol. The van der Waals surface area contributed by atoms with Crippen LogP contribution < -0.4 is 5.32 Å². The lowest BCUT2D eigenvalue weighted by Gasteiger charge is -2.29. The number of nitrogens with one attached hydrogen (secondary N) is 1. The Morgan fingerprint density at radius 2 is 2.09 bits per heavy atom. The van der Waals surface area contributed by atoms with E-state index in [0.717, 1.165) is 32.0 Å². The Bertz CT molecular complexity index is 488. The summed E-state index contributed by atoms with van der Waals surface area (Å²) in [7, 11) is 1.87. The van der Waals surface area contributed by atoms with Crippen molar-refractivity contribution in [2.75, 3.05) is 38.7 Å². The maximum atomic E-state index is 4.40. The number of benzene rings is 1. The van der Waals surface area contributed by atoms with Crippen LogP contribution in [0.1, 0.15) is 18.4 Å². The zero-order valence-corrected chi connectivity index (χ0v) is 16.6. The molecule has 5 heteroatoms. The molecule has 1 N–H and O–H groups in total. The minimum Gasteiger partial charge on any atom is -0.356 e. The maximum absolute atomic E-state index is 4.40. The van der Waals surface area contributed by atoms with E-state index < -0.39 is 0 Å². The van der Waals surface area contributed by atoms with Crippen LogP contribution in [0.3, 0.4) is 0 Å². The fourth-order valence-electron chi connectivity index (χ4n) is 2.52.